The molecule has 166 valence electrons. The summed E-state index contributed by atoms with van der Waals surface area (Å²) in [6, 6.07) is 15.0. The largest absolute Gasteiger partial charge is 0.479 e. The van der Waals surface area contributed by atoms with Gasteiger partial charge < -0.3 is 25.2 Å². The van der Waals surface area contributed by atoms with Gasteiger partial charge in [0.05, 0.1) is 13.1 Å². The fourth-order valence-corrected chi connectivity index (χ4v) is 4.27. The maximum Gasteiger partial charge on any atom is 0.407 e. The van der Waals surface area contributed by atoms with Crippen LogP contribution in [0.1, 0.15) is 23.5 Å². The van der Waals surface area contributed by atoms with Crippen LogP contribution in [-0.4, -0.2) is 64.4 Å². The molecule has 0 bridgehead atoms. The molecule has 0 spiro atoms. The van der Waals surface area contributed by atoms with Gasteiger partial charge in [-0.15, -0.1) is 6.58 Å². The number of nitrogens with zero attached hydrogens (tertiary/aromatic N) is 1. The molecule has 8 heteroatoms. The first-order valence-electron chi connectivity index (χ1n) is 10.3. The van der Waals surface area contributed by atoms with Crippen LogP contribution in [0.4, 0.5) is 4.79 Å². The Labute approximate surface area is 185 Å². The van der Waals surface area contributed by atoms with E-state index in [0.29, 0.717) is 0 Å². The standard InChI is InChI=1S/C24H24N2O6/c1-2-7-20(21(27)26-13-24(31,14-26)22(28)29)25-23(30)32-12-19-17-10-5-3-8-15(17)16-9-4-6-11-18(16)19/h2-6,8-11,19-20,31H,1,7,12-14H2,(H,25,30)(H,28,29). The van der Waals surface area contributed by atoms with Gasteiger partial charge in [-0.1, -0.05) is 54.6 Å². The van der Waals surface area contributed by atoms with Gasteiger partial charge in [0, 0.05) is 5.92 Å². The van der Waals surface area contributed by atoms with E-state index >= 15 is 0 Å². The summed E-state index contributed by atoms with van der Waals surface area (Å²) in [6.45, 7) is 3.05. The molecule has 1 fully saturated rings. The number of carboxylic acids is 1. The first-order valence-corrected chi connectivity index (χ1v) is 10.3. The van der Waals surface area contributed by atoms with Crippen LogP contribution in [0.5, 0.6) is 0 Å². The Hall–Kier alpha value is -3.65. The van der Waals surface area contributed by atoms with Crippen LogP contribution in [0.25, 0.3) is 11.1 Å². The molecule has 32 heavy (non-hydrogen) atoms. The highest BCUT2D eigenvalue weighted by atomic mass is 16.5. The maximum atomic E-state index is 12.7. The molecule has 8 nitrogen and oxygen atoms in total. The predicted octanol–water partition coefficient (Wildman–Crippen LogP) is 2.13. The quantitative estimate of drug-likeness (QED) is 0.573. The lowest BCUT2D eigenvalue weighted by Crippen LogP contribution is -2.69. The summed E-state index contributed by atoms with van der Waals surface area (Å²) < 4.78 is 5.48. The van der Waals surface area contributed by atoms with E-state index in [1.807, 2.05) is 48.5 Å². The van der Waals surface area contributed by atoms with Crippen LogP contribution in [-0.2, 0) is 14.3 Å². The molecular formula is C24H24N2O6. The topological polar surface area (TPSA) is 116 Å². The first-order chi connectivity index (χ1) is 15.3. The molecule has 1 aliphatic heterocycles. The zero-order valence-corrected chi connectivity index (χ0v) is 17.4. The van der Waals surface area contributed by atoms with Gasteiger partial charge in [-0.05, 0) is 28.7 Å². The van der Waals surface area contributed by atoms with Crippen molar-refractivity contribution in [3.8, 4) is 11.1 Å². The van der Waals surface area contributed by atoms with Gasteiger partial charge >= 0.3 is 12.1 Å². The number of fused-ring (bicyclic) bond motifs is 3. The lowest BCUT2D eigenvalue weighted by molar-refractivity contribution is -0.182. The number of hydrogen-bond donors (Lipinski definition) is 3. The highest BCUT2D eigenvalue weighted by molar-refractivity contribution is 5.90. The van der Waals surface area contributed by atoms with E-state index in [4.69, 9.17) is 9.84 Å². The van der Waals surface area contributed by atoms with Crippen LogP contribution in [0.15, 0.2) is 61.2 Å². The number of likely N-dealkylation sites (tertiary alicyclic amines) is 1. The van der Waals surface area contributed by atoms with E-state index in [0.717, 1.165) is 22.3 Å². The summed E-state index contributed by atoms with van der Waals surface area (Å²) in [5, 5.41) is 21.4. The fraction of sp³-hybridized carbons (Fsp3) is 0.292. The second-order valence-corrected chi connectivity index (χ2v) is 8.08. The number of alkyl carbamates (subject to hydrolysis) is 1. The minimum atomic E-state index is -1.95. The SMILES string of the molecule is C=CCC(NC(=O)OCC1c2ccccc2-c2ccccc21)C(=O)N1CC(O)(C(=O)O)C1. The number of carboxylic acid groups (broad SMARTS) is 1. The minimum Gasteiger partial charge on any atom is -0.479 e. The van der Waals surface area contributed by atoms with Crippen LogP contribution in [0, 0.1) is 0 Å². The Bertz CT molecular complexity index is 1030. The third-order valence-corrected chi connectivity index (χ3v) is 5.95. The Morgan fingerprint density at radius 3 is 2.22 bits per heavy atom. The molecule has 3 N–H and O–H groups in total. The molecule has 2 aromatic rings. The number of nitrogens with one attached hydrogen (secondary N) is 1. The number of ether oxygens (including phenoxy) is 1. The van der Waals surface area contributed by atoms with Gasteiger partial charge in [0.25, 0.3) is 0 Å². The number of carbonyl (C=O) groups is 3. The number of aliphatic hydroxyl groups is 1. The van der Waals surface area contributed by atoms with Gasteiger partial charge in [0.15, 0.2) is 5.60 Å². The number of aliphatic carboxylic acids is 1. The van der Waals surface area contributed by atoms with Crippen molar-refractivity contribution in [2.45, 2.75) is 24.0 Å². The van der Waals surface area contributed by atoms with Crippen molar-refractivity contribution in [2.75, 3.05) is 19.7 Å². The zero-order chi connectivity index (χ0) is 22.9. The Morgan fingerprint density at radius 2 is 1.69 bits per heavy atom. The summed E-state index contributed by atoms with van der Waals surface area (Å²) in [4.78, 5) is 37.4. The van der Waals surface area contributed by atoms with E-state index in [-0.39, 0.29) is 32.0 Å². The molecule has 1 unspecified atom stereocenters. The average Bonchev–Trinajstić information content (AvgIpc) is 3.08. The number of hydrogen-bond acceptors (Lipinski definition) is 5. The van der Waals surface area contributed by atoms with Gasteiger partial charge in [0.2, 0.25) is 5.91 Å². The molecule has 4 rings (SSSR count). The van der Waals surface area contributed by atoms with Crippen molar-refractivity contribution in [2.24, 2.45) is 0 Å². The van der Waals surface area contributed by atoms with Crippen molar-refractivity contribution in [3.05, 3.63) is 72.3 Å². The Kier molecular flexibility index (Phi) is 5.71. The number of amides is 2. The normalized spacial score (nSPS) is 16.8. The lowest BCUT2D eigenvalue weighted by atomic mass is 9.93. The van der Waals surface area contributed by atoms with E-state index < -0.39 is 29.6 Å². The molecule has 0 saturated carbocycles. The molecule has 2 aliphatic rings. The van der Waals surface area contributed by atoms with Gasteiger partial charge in [-0.3, -0.25) is 4.79 Å². The molecule has 2 amide bonds. The number of benzene rings is 2. The highest BCUT2D eigenvalue weighted by Gasteiger charge is 2.51. The summed E-state index contributed by atoms with van der Waals surface area (Å²) in [5.74, 6) is -1.99. The second kappa shape index (κ2) is 8.47. The number of β-amino-alcohol motifs (C(OH)–C–C–N with tert-alkyl or cyclic N) is 1. The van der Waals surface area contributed by atoms with Crippen LogP contribution in [0.2, 0.25) is 0 Å². The Balaban J connectivity index is 1.39. The Morgan fingerprint density at radius 1 is 1.12 bits per heavy atom. The molecule has 0 radical (unpaired) electrons. The van der Waals surface area contributed by atoms with Crippen molar-refractivity contribution < 1.29 is 29.3 Å². The molecular weight excluding hydrogens is 412 g/mol. The fourth-order valence-electron chi connectivity index (χ4n) is 4.27. The van der Waals surface area contributed by atoms with Crippen LogP contribution >= 0.6 is 0 Å². The number of rotatable bonds is 7. The zero-order valence-electron chi connectivity index (χ0n) is 17.4. The third-order valence-electron chi connectivity index (χ3n) is 5.95. The molecule has 1 atom stereocenters. The first kappa shape index (κ1) is 21.6. The monoisotopic (exact) mass is 436 g/mol. The molecule has 0 aromatic heterocycles. The summed E-state index contributed by atoms with van der Waals surface area (Å²) >= 11 is 0. The number of carbonyl (C=O) groups excluding carboxylic acids is 2. The molecule has 1 heterocycles. The molecule has 1 aliphatic carbocycles. The maximum absolute atomic E-state index is 12.7. The van der Waals surface area contributed by atoms with Crippen LogP contribution in [0.3, 0.4) is 0 Å². The van der Waals surface area contributed by atoms with Gasteiger partial charge in [-0.25, -0.2) is 9.59 Å². The summed E-state index contributed by atoms with van der Waals surface area (Å²) in [7, 11) is 0. The predicted molar refractivity (Wildman–Crippen MR) is 116 cm³/mol. The van der Waals surface area contributed by atoms with Crippen molar-refractivity contribution in [3.63, 3.8) is 0 Å². The van der Waals surface area contributed by atoms with Crippen molar-refractivity contribution in [1.29, 1.82) is 0 Å². The second-order valence-electron chi connectivity index (χ2n) is 8.08. The molecule has 1 saturated heterocycles. The molecule has 2 aromatic carbocycles. The van der Waals surface area contributed by atoms with Gasteiger partial charge in [-0.2, -0.15) is 0 Å². The summed E-state index contributed by atoms with van der Waals surface area (Å²) in [6.07, 6.45) is 0.877. The lowest BCUT2D eigenvalue weighted by Gasteiger charge is -2.44. The van der Waals surface area contributed by atoms with E-state index in [1.54, 1.807) is 0 Å². The average molecular weight is 436 g/mol. The summed E-state index contributed by atoms with van der Waals surface area (Å²) in [5.41, 5.74) is 2.43. The van der Waals surface area contributed by atoms with Crippen molar-refractivity contribution >= 4 is 18.0 Å². The van der Waals surface area contributed by atoms with Gasteiger partial charge in [0.1, 0.15) is 12.6 Å². The minimum absolute atomic E-state index is 0.108. The van der Waals surface area contributed by atoms with Crippen molar-refractivity contribution in [1.82, 2.24) is 10.2 Å². The van der Waals surface area contributed by atoms with E-state index in [2.05, 4.69) is 11.9 Å². The van der Waals surface area contributed by atoms with Crippen LogP contribution < -0.4 is 5.32 Å². The smallest absolute Gasteiger partial charge is 0.407 e. The highest BCUT2D eigenvalue weighted by Crippen LogP contribution is 2.44. The van der Waals surface area contributed by atoms with E-state index in [9.17, 15) is 19.5 Å². The third kappa shape index (κ3) is 3.85. The van der Waals surface area contributed by atoms with E-state index in [1.165, 1.54) is 11.0 Å².